The van der Waals surface area contributed by atoms with Gasteiger partial charge in [-0.3, -0.25) is 4.79 Å². The van der Waals surface area contributed by atoms with Crippen molar-refractivity contribution in [3.63, 3.8) is 0 Å². The Kier molecular flexibility index (Phi) is 6.56. The molecule has 0 bridgehead atoms. The fourth-order valence-corrected chi connectivity index (χ4v) is 4.95. The summed E-state index contributed by atoms with van der Waals surface area (Å²) >= 11 is 1.41. The first-order chi connectivity index (χ1) is 15.1. The van der Waals surface area contributed by atoms with Gasteiger partial charge in [0, 0.05) is 18.7 Å². The minimum Gasteiger partial charge on any atom is -0.342 e. The summed E-state index contributed by atoms with van der Waals surface area (Å²) in [5.74, 6) is 0.440. The van der Waals surface area contributed by atoms with Gasteiger partial charge in [-0.15, -0.1) is 10.2 Å². The second kappa shape index (κ2) is 9.51. The molecular formula is C23H26FN5OS. The molecule has 8 heteroatoms. The van der Waals surface area contributed by atoms with E-state index in [2.05, 4.69) is 29.5 Å². The van der Waals surface area contributed by atoms with Gasteiger partial charge < -0.3 is 10.3 Å². The third-order valence-electron chi connectivity index (χ3n) is 5.24. The van der Waals surface area contributed by atoms with Crippen molar-refractivity contribution in [1.29, 1.82) is 0 Å². The summed E-state index contributed by atoms with van der Waals surface area (Å²) in [5.41, 5.74) is 5.22. The molecule has 2 atom stereocenters. The zero-order chi connectivity index (χ0) is 21.8. The van der Waals surface area contributed by atoms with Gasteiger partial charge in [-0.1, -0.05) is 68.1 Å². The van der Waals surface area contributed by atoms with Gasteiger partial charge in [-0.25, -0.2) is 9.07 Å². The summed E-state index contributed by atoms with van der Waals surface area (Å²) in [6.07, 6.45) is 1.79. The molecule has 3 aromatic rings. The molecule has 2 aromatic carbocycles. The number of hydrogen-bond acceptors (Lipinski definition) is 5. The molecule has 1 aliphatic rings. The Morgan fingerprint density at radius 1 is 1.06 bits per heavy atom. The molecule has 0 aliphatic carbocycles. The summed E-state index contributed by atoms with van der Waals surface area (Å²) in [5, 5.41) is 8.92. The molecule has 1 aromatic heterocycles. The topological polar surface area (TPSA) is 63.1 Å². The lowest BCUT2D eigenvalue weighted by atomic mass is 10.0. The molecule has 6 nitrogen and oxygen atoms in total. The van der Waals surface area contributed by atoms with Crippen molar-refractivity contribution in [3.05, 3.63) is 66.0 Å². The third kappa shape index (κ3) is 4.44. The van der Waals surface area contributed by atoms with Gasteiger partial charge in [0.2, 0.25) is 11.1 Å². The van der Waals surface area contributed by atoms with Crippen molar-refractivity contribution < 1.29 is 9.18 Å². The normalized spacial score (nSPS) is 17.6. The highest BCUT2D eigenvalue weighted by Crippen LogP contribution is 2.39. The van der Waals surface area contributed by atoms with E-state index < -0.39 is 5.25 Å². The molecule has 0 spiro atoms. The second-order valence-electron chi connectivity index (χ2n) is 7.53. The quantitative estimate of drug-likeness (QED) is 0.588. The van der Waals surface area contributed by atoms with E-state index in [9.17, 15) is 9.18 Å². The van der Waals surface area contributed by atoms with Gasteiger partial charge in [0.1, 0.15) is 11.1 Å². The summed E-state index contributed by atoms with van der Waals surface area (Å²) in [7, 11) is 0. The minimum atomic E-state index is -0.427. The van der Waals surface area contributed by atoms with Gasteiger partial charge in [-0.2, -0.15) is 0 Å². The van der Waals surface area contributed by atoms with E-state index in [1.54, 1.807) is 12.1 Å². The SMILES string of the molecule is CCCN(CCC)C(=O)[C@H]1Sc2nnc(-c3ccccc3)n2N[C@@H]1c1ccc(F)cc1. The van der Waals surface area contributed by atoms with Crippen LogP contribution >= 0.6 is 11.8 Å². The first-order valence-corrected chi connectivity index (χ1v) is 11.5. The highest BCUT2D eigenvalue weighted by Gasteiger charge is 2.39. The summed E-state index contributed by atoms with van der Waals surface area (Å²) < 4.78 is 15.4. The smallest absolute Gasteiger partial charge is 0.238 e. The number of benzene rings is 2. The van der Waals surface area contributed by atoms with Crippen molar-refractivity contribution in [3.8, 4) is 11.4 Å². The minimum absolute atomic E-state index is 0.0611. The molecule has 2 heterocycles. The van der Waals surface area contributed by atoms with Crippen LogP contribution in [0.2, 0.25) is 0 Å². The maximum absolute atomic E-state index is 13.6. The standard InChI is InChI=1S/C23H26FN5OS/c1-3-14-28(15-4-2)22(30)20-19(16-10-12-18(24)13-11-16)27-29-21(25-26-23(29)31-20)17-8-6-5-7-9-17/h5-13,19-20,27H,3-4,14-15H2,1-2H3/t19-,20+/m1/s1. The second-order valence-corrected chi connectivity index (χ2v) is 8.64. The lowest BCUT2D eigenvalue weighted by Crippen LogP contribution is -2.46. The van der Waals surface area contributed by atoms with E-state index in [1.807, 2.05) is 39.9 Å². The van der Waals surface area contributed by atoms with Crippen molar-refractivity contribution in [2.24, 2.45) is 0 Å². The maximum atomic E-state index is 13.6. The Balaban J connectivity index is 1.73. The monoisotopic (exact) mass is 439 g/mol. The molecule has 162 valence electrons. The molecular weight excluding hydrogens is 413 g/mol. The largest absolute Gasteiger partial charge is 0.342 e. The maximum Gasteiger partial charge on any atom is 0.238 e. The lowest BCUT2D eigenvalue weighted by Gasteiger charge is -2.36. The predicted octanol–water partition coefficient (Wildman–Crippen LogP) is 4.49. The van der Waals surface area contributed by atoms with Gasteiger partial charge >= 0.3 is 0 Å². The molecule has 1 amide bonds. The number of hydrogen-bond donors (Lipinski definition) is 1. The average Bonchev–Trinajstić information content (AvgIpc) is 3.22. The number of fused-ring (bicyclic) bond motifs is 1. The van der Waals surface area contributed by atoms with E-state index >= 15 is 0 Å². The summed E-state index contributed by atoms with van der Waals surface area (Å²) in [4.78, 5) is 15.5. The Morgan fingerprint density at radius 3 is 2.39 bits per heavy atom. The molecule has 0 saturated heterocycles. The molecule has 4 rings (SSSR count). The van der Waals surface area contributed by atoms with Gasteiger partial charge in [0.05, 0.1) is 6.04 Å². The van der Waals surface area contributed by atoms with Crippen LogP contribution < -0.4 is 5.43 Å². The van der Waals surface area contributed by atoms with Crippen LogP contribution in [0, 0.1) is 5.82 Å². The zero-order valence-corrected chi connectivity index (χ0v) is 18.5. The zero-order valence-electron chi connectivity index (χ0n) is 17.7. The number of thioether (sulfide) groups is 1. The van der Waals surface area contributed by atoms with Crippen molar-refractivity contribution >= 4 is 17.7 Å². The van der Waals surface area contributed by atoms with E-state index in [0.29, 0.717) is 24.1 Å². The Labute approximate surface area is 185 Å². The predicted molar refractivity (Wildman–Crippen MR) is 121 cm³/mol. The first-order valence-electron chi connectivity index (χ1n) is 10.6. The van der Waals surface area contributed by atoms with Crippen LogP contribution in [0.3, 0.4) is 0 Å². The Bertz CT molecular complexity index is 1020. The van der Waals surface area contributed by atoms with Crippen molar-refractivity contribution in [2.75, 3.05) is 18.5 Å². The number of nitrogens with zero attached hydrogens (tertiary/aromatic N) is 4. The molecule has 31 heavy (non-hydrogen) atoms. The van der Waals surface area contributed by atoms with Gasteiger partial charge in [0.15, 0.2) is 5.82 Å². The molecule has 0 fully saturated rings. The molecule has 1 N–H and O–H groups in total. The summed E-state index contributed by atoms with van der Waals surface area (Å²) in [6.45, 7) is 5.56. The fraction of sp³-hybridized carbons (Fsp3) is 0.348. The Hall–Kier alpha value is -2.87. The lowest BCUT2D eigenvalue weighted by molar-refractivity contribution is -0.131. The summed E-state index contributed by atoms with van der Waals surface area (Å²) in [6, 6.07) is 15.8. The van der Waals surface area contributed by atoms with Crippen LogP contribution in [0.15, 0.2) is 59.8 Å². The number of rotatable bonds is 7. The van der Waals surface area contributed by atoms with Crippen LogP contribution in [0.1, 0.15) is 38.3 Å². The van der Waals surface area contributed by atoms with Crippen LogP contribution in [0.5, 0.6) is 0 Å². The molecule has 0 saturated carbocycles. The number of carbonyl (C=O) groups excluding carboxylic acids is 1. The van der Waals surface area contributed by atoms with Crippen LogP contribution in [0.4, 0.5) is 4.39 Å². The number of aromatic nitrogens is 3. The van der Waals surface area contributed by atoms with Gasteiger partial charge in [-0.05, 0) is 30.5 Å². The average molecular weight is 440 g/mol. The molecule has 0 radical (unpaired) electrons. The van der Waals surface area contributed by atoms with E-state index in [0.717, 1.165) is 24.0 Å². The van der Waals surface area contributed by atoms with Crippen LogP contribution in [-0.2, 0) is 4.79 Å². The highest BCUT2D eigenvalue weighted by atomic mass is 32.2. The molecule has 0 unspecified atom stereocenters. The highest BCUT2D eigenvalue weighted by molar-refractivity contribution is 8.00. The van der Waals surface area contributed by atoms with Gasteiger partial charge in [0.25, 0.3) is 0 Å². The number of halogens is 1. The van der Waals surface area contributed by atoms with Crippen LogP contribution in [0.25, 0.3) is 11.4 Å². The van der Waals surface area contributed by atoms with Crippen molar-refractivity contribution in [2.45, 2.75) is 43.1 Å². The van der Waals surface area contributed by atoms with E-state index in [4.69, 9.17) is 0 Å². The number of carbonyl (C=O) groups is 1. The van der Waals surface area contributed by atoms with Crippen LogP contribution in [-0.4, -0.2) is 44.0 Å². The van der Waals surface area contributed by atoms with Crippen molar-refractivity contribution in [1.82, 2.24) is 19.8 Å². The number of amides is 1. The first kappa shape index (κ1) is 21.4. The molecule has 1 aliphatic heterocycles. The van der Waals surface area contributed by atoms with E-state index in [1.165, 1.54) is 23.9 Å². The third-order valence-corrected chi connectivity index (χ3v) is 6.44. The number of nitrogens with one attached hydrogen (secondary N) is 1. The Morgan fingerprint density at radius 2 is 1.74 bits per heavy atom. The van der Waals surface area contributed by atoms with E-state index in [-0.39, 0.29) is 17.8 Å². The fourth-order valence-electron chi connectivity index (χ4n) is 3.79.